The normalized spacial score (nSPS) is 15.5. The molecule has 0 saturated carbocycles. The van der Waals surface area contributed by atoms with E-state index in [2.05, 4.69) is 10.3 Å². The molecule has 1 N–H and O–H groups in total. The molecule has 1 aliphatic rings. The van der Waals surface area contributed by atoms with Gasteiger partial charge < -0.3 is 15.1 Å². The van der Waals surface area contributed by atoms with Crippen LogP contribution in [0.3, 0.4) is 0 Å². The van der Waals surface area contributed by atoms with Gasteiger partial charge in [-0.15, -0.1) is 0 Å². The Bertz CT molecular complexity index is 1430. The van der Waals surface area contributed by atoms with Gasteiger partial charge in [0.15, 0.2) is 11.5 Å². The van der Waals surface area contributed by atoms with Gasteiger partial charge in [-0.3, -0.25) is 14.2 Å². The Kier molecular flexibility index (Phi) is 7.16. The first kappa shape index (κ1) is 24.5. The number of amides is 1. The Morgan fingerprint density at radius 1 is 1.03 bits per heavy atom. The van der Waals surface area contributed by atoms with Gasteiger partial charge >= 0.3 is 0 Å². The maximum absolute atomic E-state index is 13.7. The number of nitrogens with zero attached hydrogens (tertiary/aromatic N) is 5. The molecule has 37 heavy (non-hydrogen) atoms. The van der Waals surface area contributed by atoms with E-state index in [0.717, 1.165) is 29.7 Å². The second kappa shape index (κ2) is 10.8. The standard InChI is InChI=1S/C29H32N6O2/c1-33(2)24-14-12-21(13-15-24)18-31-28(36)23-10-7-17-34(20-23)27-29(37)35(19-22-8-4-3-5-9-22)26-25(32-27)11-6-16-30-26/h3-6,8-9,11-16,23H,7,10,17-20H2,1-2H3,(H,31,36). The zero-order valence-electron chi connectivity index (χ0n) is 21.3. The van der Waals surface area contributed by atoms with Crippen LogP contribution in [0.4, 0.5) is 11.5 Å². The Labute approximate surface area is 216 Å². The molecular formula is C29H32N6O2. The highest BCUT2D eigenvalue weighted by Gasteiger charge is 2.28. The molecule has 0 spiro atoms. The minimum atomic E-state index is -0.205. The molecule has 1 aliphatic heterocycles. The second-order valence-electron chi connectivity index (χ2n) is 9.72. The highest BCUT2D eigenvalue weighted by atomic mass is 16.2. The summed E-state index contributed by atoms with van der Waals surface area (Å²) >= 11 is 0. The Balaban J connectivity index is 1.34. The van der Waals surface area contributed by atoms with Crippen molar-refractivity contribution in [1.29, 1.82) is 0 Å². The lowest BCUT2D eigenvalue weighted by atomic mass is 9.97. The Morgan fingerprint density at radius 2 is 1.81 bits per heavy atom. The van der Waals surface area contributed by atoms with Gasteiger partial charge in [-0.1, -0.05) is 42.5 Å². The molecule has 1 fully saturated rings. The number of hydrogen-bond acceptors (Lipinski definition) is 6. The van der Waals surface area contributed by atoms with Gasteiger partial charge in [-0.2, -0.15) is 0 Å². The summed E-state index contributed by atoms with van der Waals surface area (Å²) in [5, 5.41) is 3.08. The number of fused-ring (bicyclic) bond motifs is 1. The molecule has 0 aliphatic carbocycles. The van der Waals surface area contributed by atoms with E-state index in [1.54, 1.807) is 10.8 Å². The van der Waals surface area contributed by atoms with Crippen molar-refractivity contribution < 1.29 is 4.79 Å². The fourth-order valence-corrected chi connectivity index (χ4v) is 4.81. The van der Waals surface area contributed by atoms with E-state index in [4.69, 9.17) is 4.98 Å². The molecule has 8 nitrogen and oxygen atoms in total. The smallest absolute Gasteiger partial charge is 0.295 e. The van der Waals surface area contributed by atoms with Crippen molar-refractivity contribution in [3.05, 3.63) is 94.4 Å². The molecule has 1 amide bonds. The number of hydrogen-bond donors (Lipinski definition) is 1. The van der Waals surface area contributed by atoms with Crippen molar-refractivity contribution >= 4 is 28.6 Å². The number of aromatic nitrogens is 3. The number of carbonyl (C=O) groups excluding carboxylic acids is 1. The largest absolute Gasteiger partial charge is 0.378 e. The van der Waals surface area contributed by atoms with Gasteiger partial charge in [0.25, 0.3) is 5.56 Å². The minimum absolute atomic E-state index is 0.00783. The fraction of sp³-hybridized carbons (Fsp3) is 0.310. The van der Waals surface area contributed by atoms with E-state index >= 15 is 0 Å². The van der Waals surface area contributed by atoms with Crippen molar-refractivity contribution in [3.63, 3.8) is 0 Å². The summed E-state index contributed by atoms with van der Waals surface area (Å²) in [6.07, 6.45) is 3.29. The van der Waals surface area contributed by atoms with Crippen LogP contribution in [-0.2, 0) is 17.9 Å². The third-order valence-electron chi connectivity index (χ3n) is 6.88. The average molecular weight is 497 g/mol. The number of pyridine rings is 1. The van der Waals surface area contributed by atoms with E-state index in [1.807, 2.05) is 90.6 Å². The van der Waals surface area contributed by atoms with Gasteiger partial charge in [-0.05, 0) is 48.2 Å². The zero-order chi connectivity index (χ0) is 25.8. The molecule has 1 atom stereocenters. The van der Waals surface area contributed by atoms with E-state index in [1.165, 1.54) is 0 Å². The summed E-state index contributed by atoms with van der Waals surface area (Å²) in [5.74, 6) is 0.185. The molecule has 2 aromatic heterocycles. The van der Waals surface area contributed by atoms with Gasteiger partial charge in [-0.25, -0.2) is 9.97 Å². The van der Waals surface area contributed by atoms with Crippen LogP contribution in [0.1, 0.15) is 24.0 Å². The van der Waals surface area contributed by atoms with Gasteiger partial charge in [0, 0.05) is 45.6 Å². The van der Waals surface area contributed by atoms with Gasteiger partial charge in [0.1, 0.15) is 5.52 Å². The number of anilines is 2. The highest BCUT2D eigenvalue weighted by molar-refractivity contribution is 5.79. The van der Waals surface area contributed by atoms with Crippen LogP contribution < -0.4 is 20.7 Å². The lowest BCUT2D eigenvalue weighted by molar-refractivity contribution is -0.125. The molecule has 3 heterocycles. The summed E-state index contributed by atoms with van der Waals surface area (Å²) in [4.78, 5) is 39.9. The number of piperidine rings is 1. The maximum atomic E-state index is 13.7. The number of nitrogens with one attached hydrogen (secondary N) is 1. The quantitative estimate of drug-likeness (QED) is 0.422. The van der Waals surface area contributed by atoms with Gasteiger partial charge in [0.05, 0.1) is 12.5 Å². The van der Waals surface area contributed by atoms with Crippen molar-refractivity contribution in [3.8, 4) is 0 Å². The molecular weight excluding hydrogens is 464 g/mol. The van der Waals surface area contributed by atoms with Crippen LogP contribution in [0.2, 0.25) is 0 Å². The number of benzene rings is 2. The SMILES string of the molecule is CN(C)c1ccc(CNC(=O)C2CCCN(c3nc4cccnc4n(Cc4ccccc4)c3=O)C2)cc1. The summed E-state index contributed by atoms with van der Waals surface area (Å²) in [5.41, 5.74) is 4.24. The molecule has 2 aromatic carbocycles. The molecule has 1 saturated heterocycles. The van der Waals surface area contributed by atoms with Crippen molar-refractivity contribution in [1.82, 2.24) is 19.9 Å². The number of carbonyl (C=O) groups is 1. The molecule has 5 rings (SSSR count). The van der Waals surface area contributed by atoms with Crippen LogP contribution >= 0.6 is 0 Å². The van der Waals surface area contributed by atoms with E-state index in [-0.39, 0.29) is 17.4 Å². The predicted octanol–water partition coefficient (Wildman–Crippen LogP) is 3.44. The second-order valence-corrected chi connectivity index (χ2v) is 9.72. The lowest BCUT2D eigenvalue weighted by Gasteiger charge is -2.32. The topological polar surface area (TPSA) is 83.4 Å². The van der Waals surface area contributed by atoms with E-state index in [0.29, 0.717) is 43.2 Å². The first-order valence-electron chi connectivity index (χ1n) is 12.7. The molecule has 190 valence electrons. The van der Waals surface area contributed by atoms with Crippen LogP contribution in [0.5, 0.6) is 0 Å². The van der Waals surface area contributed by atoms with Crippen LogP contribution in [0.15, 0.2) is 77.7 Å². The van der Waals surface area contributed by atoms with Crippen LogP contribution in [0, 0.1) is 5.92 Å². The summed E-state index contributed by atoms with van der Waals surface area (Å²) in [6.45, 7) is 2.04. The monoisotopic (exact) mass is 496 g/mol. The summed E-state index contributed by atoms with van der Waals surface area (Å²) < 4.78 is 1.69. The third kappa shape index (κ3) is 5.48. The molecule has 1 unspecified atom stereocenters. The summed E-state index contributed by atoms with van der Waals surface area (Å²) in [6, 6.07) is 21.7. The molecule has 4 aromatic rings. The molecule has 0 radical (unpaired) electrons. The number of rotatable bonds is 7. The van der Waals surface area contributed by atoms with Crippen molar-refractivity contribution in [2.75, 3.05) is 37.0 Å². The minimum Gasteiger partial charge on any atom is -0.378 e. The first-order chi connectivity index (χ1) is 18.0. The van der Waals surface area contributed by atoms with Crippen LogP contribution in [0.25, 0.3) is 11.2 Å². The average Bonchev–Trinajstić information content (AvgIpc) is 2.94. The van der Waals surface area contributed by atoms with Crippen molar-refractivity contribution in [2.24, 2.45) is 5.92 Å². The predicted molar refractivity (Wildman–Crippen MR) is 147 cm³/mol. The molecule has 0 bridgehead atoms. The Morgan fingerprint density at radius 3 is 2.57 bits per heavy atom. The lowest BCUT2D eigenvalue weighted by Crippen LogP contribution is -2.45. The molecule has 8 heteroatoms. The van der Waals surface area contributed by atoms with Crippen molar-refractivity contribution in [2.45, 2.75) is 25.9 Å². The highest BCUT2D eigenvalue weighted by Crippen LogP contribution is 2.22. The zero-order valence-corrected chi connectivity index (χ0v) is 21.3. The van der Waals surface area contributed by atoms with E-state index < -0.39 is 0 Å². The van der Waals surface area contributed by atoms with E-state index in [9.17, 15) is 9.59 Å². The maximum Gasteiger partial charge on any atom is 0.295 e. The van der Waals surface area contributed by atoms with Crippen LogP contribution in [-0.4, -0.2) is 47.6 Å². The summed E-state index contributed by atoms with van der Waals surface area (Å²) in [7, 11) is 4.01. The van der Waals surface area contributed by atoms with Gasteiger partial charge in [0.2, 0.25) is 5.91 Å². The Hall–Kier alpha value is -4.20. The fourth-order valence-electron chi connectivity index (χ4n) is 4.81. The third-order valence-corrected chi connectivity index (χ3v) is 6.88. The first-order valence-corrected chi connectivity index (χ1v) is 12.7.